The number of hydrogen-bond donors (Lipinski definition) is 4. The number of nitrogens with one attached hydrogen (secondary N) is 1. The Morgan fingerprint density at radius 1 is 0.500 bits per heavy atom. The fraction of sp³-hybridized carbons (Fsp3) is 0.938. The largest absolute Gasteiger partial charge is 0.469 e. The van der Waals surface area contributed by atoms with Crippen LogP contribution in [-0.4, -0.2) is 39.6 Å². The predicted octanol–water partition coefficient (Wildman–Crippen LogP) is 15.1. The van der Waals surface area contributed by atoms with Crippen LogP contribution in [0.4, 0.5) is 0 Å². The SMILES string of the molecule is CCCCCCCCCCCCCC/C=C/[C@@H](O)[C@H](COP(=O)(O)O)NC(=O)CCCCCCCCCCCCCCCCCCCCCCCCCCCC. The van der Waals surface area contributed by atoms with Gasteiger partial charge in [-0.3, -0.25) is 9.32 Å². The monoisotopic (exact) mass is 814 g/mol. The Bertz CT molecular complexity index is 880. The average Bonchev–Trinajstić information content (AvgIpc) is 3.17. The van der Waals surface area contributed by atoms with Crippen LogP contribution in [0.2, 0.25) is 0 Å². The number of amides is 1. The first-order chi connectivity index (χ1) is 27.3. The van der Waals surface area contributed by atoms with E-state index >= 15 is 0 Å². The number of carbonyl (C=O) groups is 1. The second kappa shape index (κ2) is 43.8. The summed E-state index contributed by atoms with van der Waals surface area (Å²) in [6, 6.07) is -0.905. The Hall–Kier alpha value is -0.720. The highest BCUT2D eigenvalue weighted by molar-refractivity contribution is 7.46. The van der Waals surface area contributed by atoms with Crippen molar-refractivity contribution in [1.82, 2.24) is 5.32 Å². The van der Waals surface area contributed by atoms with E-state index in [0.29, 0.717) is 6.42 Å². The molecule has 56 heavy (non-hydrogen) atoms. The van der Waals surface area contributed by atoms with Gasteiger partial charge in [-0.15, -0.1) is 0 Å². The lowest BCUT2D eigenvalue weighted by molar-refractivity contribution is -0.123. The number of aliphatic hydroxyl groups is 1. The number of phosphoric acid groups is 1. The van der Waals surface area contributed by atoms with Crippen LogP contribution in [0.25, 0.3) is 0 Å². The van der Waals surface area contributed by atoms with Gasteiger partial charge in [-0.05, 0) is 19.3 Å². The second-order valence-electron chi connectivity index (χ2n) is 17.1. The summed E-state index contributed by atoms with van der Waals surface area (Å²) in [5, 5.41) is 13.4. The van der Waals surface area contributed by atoms with Crippen molar-refractivity contribution in [1.29, 1.82) is 0 Å². The van der Waals surface area contributed by atoms with E-state index < -0.39 is 26.6 Å². The molecule has 0 aromatic rings. The van der Waals surface area contributed by atoms with Crippen molar-refractivity contribution in [2.24, 2.45) is 0 Å². The summed E-state index contributed by atoms with van der Waals surface area (Å²) in [6.45, 7) is 4.10. The molecule has 0 saturated heterocycles. The van der Waals surface area contributed by atoms with Gasteiger partial charge in [0.25, 0.3) is 0 Å². The third-order valence-electron chi connectivity index (χ3n) is 11.5. The zero-order valence-electron chi connectivity index (χ0n) is 37.3. The zero-order valence-corrected chi connectivity index (χ0v) is 38.2. The summed E-state index contributed by atoms with van der Waals surface area (Å²) < 4.78 is 16.0. The number of phosphoric ester groups is 1. The van der Waals surface area contributed by atoms with Crippen molar-refractivity contribution in [2.75, 3.05) is 6.61 Å². The Labute approximate surface area is 348 Å². The molecule has 8 heteroatoms. The van der Waals surface area contributed by atoms with Gasteiger partial charge < -0.3 is 20.2 Å². The molecule has 0 heterocycles. The summed E-state index contributed by atoms with van der Waals surface area (Å²) in [5.41, 5.74) is 0. The van der Waals surface area contributed by atoms with Gasteiger partial charge in [0.05, 0.1) is 18.8 Å². The molecule has 334 valence electrons. The highest BCUT2D eigenvalue weighted by Gasteiger charge is 2.24. The van der Waals surface area contributed by atoms with Crippen molar-refractivity contribution >= 4 is 13.7 Å². The smallest absolute Gasteiger partial charge is 0.387 e. The van der Waals surface area contributed by atoms with Crippen LogP contribution in [0.15, 0.2) is 12.2 Å². The van der Waals surface area contributed by atoms with E-state index in [1.54, 1.807) is 6.08 Å². The molecule has 0 radical (unpaired) electrons. The normalized spacial score (nSPS) is 13.2. The number of unbranched alkanes of at least 4 members (excludes halogenated alkanes) is 37. The summed E-state index contributed by atoms with van der Waals surface area (Å²) in [4.78, 5) is 31.0. The van der Waals surface area contributed by atoms with Gasteiger partial charge in [0.15, 0.2) is 0 Å². The molecule has 2 atom stereocenters. The van der Waals surface area contributed by atoms with Gasteiger partial charge in [-0.25, -0.2) is 4.57 Å². The fourth-order valence-electron chi connectivity index (χ4n) is 7.76. The van der Waals surface area contributed by atoms with Crippen LogP contribution in [0.1, 0.15) is 271 Å². The van der Waals surface area contributed by atoms with Gasteiger partial charge in [0, 0.05) is 6.42 Å². The molecule has 0 aliphatic heterocycles. The van der Waals surface area contributed by atoms with Crippen molar-refractivity contribution in [3.05, 3.63) is 12.2 Å². The molecule has 0 spiro atoms. The van der Waals surface area contributed by atoms with E-state index in [1.807, 2.05) is 6.08 Å². The molecule has 0 rings (SSSR count). The molecule has 1 amide bonds. The highest BCUT2D eigenvalue weighted by atomic mass is 31.2. The van der Waals surface area contributed by atoms with Crippen molar-refractivity contribution < 1.29 is 28.8 Å². The summed E-state index contributed by atoms with van der Waals surface area (Å²) >= 11 is 0. The topological polar surface area (TPSA) is 116 Å². The Morgan fingerprint density at radius 3 is 1.09 bits per heavy atom. The third kappa shape index (κ3) is 44.4. The zero-order chi connectivity index (χ0) is 41.1. The van der Waals surface area contributed by atoms with E-state index in [1.165, 1.54) is 212 Å². The van der Waals surface area contributed by atoms with Crippen LogP contribution in [0.3, 0.4) is 0 Å². The number of aliphatic hydroxyl groups excluding tert-OH is 1. The number of rotatable bonds is 46. The predicted molar refractivity (Wildman–Crippen MR) is 241 cm³/mol. The van der Waals surface area contributed by atoms with E-state index in [2.05, 4.69) is 23.7 Å². The van der Waals surface area contributed by atoms with Crippen molar-refractivity contribution in [2.45, 2.75) is 283 Å². The molecule has 0 aliphatic rings. The minimum Gasteiger partial charge on any atom is -0.387 e. The molecule has 0 aromatic carbocycles. The highest BCUT2D eigenvalue weighted by Crippen LogP contribution is 2.36. The minimum absolute atomic E-state index is 0.220. The summed E-state index contributed by atoms with van der Waals surface area (Å²) in [6.07, 6.45) is 54.0. The molecule has 0 aromatic heterocycles. The van der Waals surface area contributed by atoms with Crippen LogP contribution < -0.4 is 5.32 Å². The van der Waals surface area contributed by atoms with Gasteiger partial charge in [0.1, 0.15) is 0 Å². The maximum Gasteiger partial charge on any atom is 0.469 e. The first-order valence-electron chi connectivity index (χ1n) is 24.6. The lowest BCUT2D eigenvalue weighted by atomic mass is 10.0. The molecule has 0 saturated carbocycles. The van der Waals surface area contributed by atoms with Crippen LogP contribution in [0.5, 0.6) is 0 Å². The number of carbonyl (C=O) groups excluding carboxylic acids is 1. The number of hydrogen-bond acceptors (Lipinski definition) is 4. The minimum atomic E-state index is -4.71. The quantitative estimate of drug-likeness (QED) is 0.0276. The van der Waals surface area contributed by atoms with E-state index in [9.17, 15) is 24.3 Å². The average molecular weight is 814 g/mol. The van der Waals surface area contributed by atoms with Crippen molar-refractivity contribution in [3.63, 3.8) is 0 Å². The first kappa shape index (κ1) is 55.3. The Kier molecular flexibility index (Phi) is 43.3. The lowest BCUT2D eigenvalue weighted by Crippen LogP contribution is -2.45. The van der Waals surface area contributed by atoms with Gasteiger partial charge in [0.2, 0.25) is 5.91 Å². The standard InChI is InChI=1S/C48H96NO6P/c1-3-5-7-9-11-13-15-17-19-20-21-22-23-24-25-26-27-28-29-30-32-34-36-38-40-42-44-48(51)49-46(45-55-56(52,53)54)47(50)43-41-39-37-35-33-31-18-16-14-12-10-8-6-4-2/h41,43,46-47,50H,3-40,42,44-45H2,1-2H3,(H,49,51)(H2,52,53,54)/b43-41+/t46-,47+/m0/s1. The van der Waals surface area contributed by atoms with E-state index in [0.717, 1.165) is 38.5 Å². The molecule has 0 fully saturated rings. The third-order valence-corrected chi connectivity index (χ3v) is 12.0. The van der Waals surface area contributed by atoms with Crippen LogP contribution in [-0.2, 0) is 13.9 Å². The van der Waals surface area contributed by atoms with Gasteiger partial charge in [-0.2, -0.15) is 0 Å². The molecular formula is C48H96NO6P. The van der Waals surface area contributed by atoms with Crippen LogP contribution >= 0.6 is 7.82 Å². The van der Waals surface area contributed by atoms with E-state index in [4.69, 9.17) is 0 Å². The molecule has 0 aliphatic carbocycles. The molecule has 0 bridgehead atoms. The molecular weight excluding hydrogens is 718 g/mol. The molecule has 4 N–H and O–H groups in total. The second-order valence-corrected chi connectivity index (χ2v) is 18.4. The van der Waals surface area contributed by atoms with E-state index in [-0.39, 0.29) is 5.91 Å². The molecule has 7 nitrogen and oxygen atoms in total. The Morgan fingerprint density at radius 2 is 0.786 bits per heavy atom. The lowest BCUT2D eigenvalue weighted by Gasteiger charge is -2.22. The van der Waals surface area contributed by atoms with Crippen molar-refractivity contribution in [3.8, 4) is 0 Å². The maximum absolute atomic E-state index is 12.6. The first-order valence-corrected chi connectivity index (χ1v) is 26.2. The summed E-state index contributed by atoms with van der Waals surface area (Å²) in [5.74, 6) is -0.220. The van der Waals surface area contributed by atoms with Gasteiger partial charge in [-0.1, -0.05) is 257 Å². The van der Waals surface area contributed by atoms with Gasteiger partial charge >= 0.3 is 7.82 Å². The maximum atomic E-state index is 12.6. The summed E-state index contributed by atoms with van der Waals surface area (Å²) in [7, 11) is -4.71. The fourth-order valence-corrected chi connectivity index (χ4v) is 8.11. The van der Waals surface area contributed by atoms with Crippen LogP contribution in [0, 0.1) is 0 Å². The number of allylic oxidation sites excluding steroid dienone is 1. The Balaban J connectivity index is 3.76. The molecule has 0 unspecified atom stereocenters.